The van der Waals surface area contributed by atoms with Crippen LogP contribution in [-0.4, -0.2) is 18.2 Å². The Balaban J connectivity index is 2.29. The van der Waals surface area contributed by atoms with Gasteiger partial charge in [-0.2, -0.15) is 0 Å². The van der Waals surface area contributed by atoms with E-state index in [0.29, 0.717) is 11.8 Å². The summed E-state index contributed by atoms with van der Waals surface area (Å²) in [6.45, 7) is 10.9. The van der Waals surface area contributed by atoms with Crippen LogP contribution in [0.5, 0.6) is 0 Å². The normalized spacial score (nSPS) is 18.9. The molecule has 0 aromatic heterocycles. The van der Waals surface area contributed by atoms with Gasteiger partial charge in [0.15, 0.2) is 0 Å². The monoisotopic (exact) mass is 275 g/mol. The Morgan fingerprint density at radius 3 is 2.55 bits per heavy atom. The molecular formula is C17H25NO2. The molecule has 20 heavy (non-hydrogen) atoms. The molecule has 0 aliphatic carbocycles. The van der Waals surface area contributed by atoms with Gasteiger partial charge in [-0.05, 0) is 50.7 Å². The van der Waals surface area contributed by atoms with Crippen molar-refractivity contribution < 1.29 is 9.53 Å². The summed E-state index contributed by atoms with van der Waals surface area (Å²) in [6.07, 6.45) is 0.794. The van der Waals surface area contributed by atoms with E-state index in [1.54, 1.807) is 4.90 Å². The molecule has 0 N–H and O–H groups in total. The number of fused-ring (bicyclic) bond motifs is 1. The Morgan fingerprint density at radius 1 is 1.30 bits per heavy atom. The summed E-state index contributed by atoms with van der Waals surface area (Å²) in [4.78, 5) is 14.2. The molecule has 0 spiro atoms. The van der Waals surface area contributed by atoms with Gasteiger partial charge in [0.25, 0.3) is 0 Å². The van der Waals surface area contributed by atoms with Gasteiger partial charge in [0, 0.05) is 6.54 Å². The number of rotatable bonds is 1. The molecule has 110 valence electrons. The van der Waals surface area contributed by atoms with Gasteiger partial charge in [-0.15, -0.1) is 0 Å². The zero-order valence-electron chi connectivity index (χ0n) is 13.1. The van der Waals surface area contributed by atoms with Crippen LogP contribution in [0.15, 0.2) is 24.3 Å². The first kappa shape index (κ1) is 14.9. The van der Waals surface area contributed by atoms with Crippen LogP contribution < -0.4 is 4.90 Å². The van der Waals surface area contributed by atoms with Gasteiger partial charge in [-0.3, -0.25) is 4.90 Å². The fourth-order valence-electron chi connectivity index (χ4n) is 2.56. The Bertz CT molecular complexity index is 488. The average molecular weight is 275 g/mol. The molecule has 1 aliphatic heterocycles. The van der Waals surface area contributed by atoms with Gasteiger partial charge in [-0.1, -0.05) is 32.0 Å². The molecule has 1 heterocycles. The van der Waals surface area contributed by atoms with Crippen molar-refractivity contribution in [1.29, 1.82) is 0 Å². The van der Waals surface area contributed by atoms with E-state index in [1.807, 2.05) is 39.0 Å². The van der Waals surface area contributed by atoms with Crippen molar-refractivity contribution in [2.45, 2.75) is 46.6 Å². The Hall–Kier alpha value is -1.51. The molecule has 3 heteroatoms. The SMILES string of the molecule is CC(C)C1Cc2ccccc2N(C(=O)OC(C)(C)C)C1. The standard InChI is InChI=1S/C17H25NO2/c1-12(2)14-10-13-8-6-7-9-15(13)18(11-14)16(19)20-17(3,4)5/h6-9,12,14H,10-11H2,1-5H3. The number of ether oxygens (including phenoxy) is 1. The zero-order chi connectivity index (χ0) is 14.9. The van der Waals surface area contributed by atoms with Crippen molar-refractivity contribution in [1.82, 2.24) is 0 Å². The summed E-state index contributed by atoms with van der Waals surface area (Å²) >= 11 is 0. The number of hydrogen-bond donors (Lipinski definition) is 0. The minimum atomic E-state index is -0.462. The van der Waals surface area contributed by atoms with E-state index in [4.69, 9.17) is 4.74 Å². The van der Waals surface area contributed by atoms with Crippen molar-refractivity contribution in [3.8, 4) is 0 Å². The fourth-order valence-corrected chi connectivity index (χ4v) is 2.56. The number of nitrogens with zero attached hydrogens (tertiary/aromatic N) is 1. The smallest absolute Gasteiger partial charge is 0.414 e. The van der Waals surface area contributed by atoms with E-state index >= 15 is 0 Å². The Labute approximate surface area is 121 Å². The highest BCUT2D eigenvalue weighted by Gasteiger charge is 2.32. The first-order chi connectivity index (χ1) is 9.28. The highest BCUT2D eigenvalue weighted by molar-refractivity contribution is 5.89. The van der Waals surface area contributed by atoms with Crippen LogP contribution in [0, 0.1) is 11.8 Å². The lowest BCUT2D eigenvalue weighted by Crippen LogP contribution is -2.44. The van der Waals surface area contributed by atoms with Gasteiger partial charge in [0.2, 0.25) is 0 Å². The third-order valence-corrected chi connectivity index (χ3v) is 3.74. The molecule has 1 unspecified atom stereocenters. The maximum Gasteiger partial charge on any atom is 0.414 e. The van der Waals surface area contributed by atoms with Gasteiger partial charge in [0.05, 0.1) is 5.69 Å². The van der Waals surface area contributed by atoms with Crippen LogP contribution in [-0.2, 0) is 11.2 Å². The minimum absolute atomic E-state index is 0.240. The Kier molecular flexibility index (Phi) is 4.07. The quantitative estimate of drug-likeness (QED) is 0.766. The van der Waals surface area contributed by atoms with E-state index in [0.717, 1.165) is 18.7 Å². The predicted molar refractivity (Wildman–Crippen MR) is 82.1 cm³/mol. The van der Waals surface area contributed by atoms with E-state index in [-0.39, 0.29) is 6.09 Å². The van der Waals surface area contributed by atoms with Crippen molar-refractivity contribution in [3.05, 3.63) is 29.8 Å². The predicted octanol–water partition coefficient (Wildman–Crippen LogP) is 4.26. The summed E-state index contributed by atoms with van der Waals surface area (Å²) in [5, 5.41) is 0. The molecular weight excluding hydrogens is 250 g/mol. The summed E-state index contributed by atoms with van der Waals surface area (Å²) < 4.78 is 5.55. The molecule has 1 atom stereocenters. The molecule has 3 nitrogen and oxygen atoms in total. The van der Waals surface area contributed by atoms with Crippen LogP contribution in [0.2, 0.25) is 0 Å². The largest absolute Gasteiger partial charge is 0.443 e. The topological polar surface area (TPSA) is 29.5 Å². The van der Waals surface area contributed by atoms with Crippen LogP contribution in [0.4, 0.5) is 10.5 Å². The van der Waals surface area contributed by atoms with Gasteiger partial charge in [-0.25, -0.2) is 4.79 Å². The molecule has 1 aromatic carbocycles. The highest BCUT2D eigenvalue weighted by atomic mass is 16.6. The molecule has 0 fully saturated rings. The Morgan fingerprint density at radius 2 is 1.95 bits per heavy atom. The van der Waals surface area contributed by atoms with Crippen molar-refractivity contribution in [3.63, 3.8) is 0 Å². The molecule has 1 aliphatic rings. The lowest BCUT2D eigenvalue weighted by Gasteiger charge is -2.37. The summed E-state index contributed by atoms with van der Waals surface area (Å²) in [6, 6.07) is 8.14. The van der Waals surface area contributed by atoms with Crippen molar-refractivity contribution >= 4 is 11.8 Å². The highest BCUT2D eigenvalue weighted by Crippen LogP contribution is 2.33. The van der Waals surface area contributed by atoms with Crippen LogP contribution in [0.25, 0.3) is 0 Å². The summed E-state index contributed by atoms with van der Waals surface area (Å²) in [5.74, 6) is 1.03. The number of amides is 1. The second-order valence-electron chi connectivity index (χ2n) is 6.93. The first-order valence-corrected chi connectivity index (χ1v) is 7.36. The van der Waals surface area contributed by atoms with E-state index in [9.17, 15) is 4.79 Å². The zero-order valence-corrected chi connectivity index (χ0v) is 13.1. The van der Waals surface area contributed by atoms with Gasteiger partial charge < -0.3 is 4.74 Å². The first-order valence-electron chi connectivity index (χ1n) is 7.36. The number of carbonyl (C=O) groups is 1. The van der Waals surface area contributed by atoms with Gasteiger partial charge in [0.1, 0.15) is 5.60 Å². The molecule has 1 amide bonds. The molecule has 0 radical (unpaired) electrons. The van der Waals surface area contributed by atoms with E-state index in [1.165, 1.54) is 5.56 Å². The molecule has 0 bridgehead atoms. The maximum atomic E-state index is 12.4. The second kappa shape index (κ2) is 5.47. The third kappa shape index (κ3) is 3.33. The van der Waals surface area contributed by atoms with Crippen molar-refractivity contribution in [2.24, 2.45) is 11.8 Å². The summed E-state index contributed by atoms with van der Waals surface area (Å²) in [5.41, 5.74) is 1.78. The van der Waals surface area contributed by atoms with E-state index in [2.05, 4.69) is 19.9 Å². The third-order valence-electron chi connectivity index (χ3n) is 3.74. The number of carbonyl (C=O) groups excluding carboxylic acids is 1. The number of para-hydroxylation sites is 1. The average Bonchev–Trinajstić information content (AvgIpc) is 2.35. The molecule has 1 aromatic rings. The van der Waals surface area contributed by atoms with Crippen molar-refractivity contribution in [2.75, 3.05) is 11.4 Å². The molecule has 0 saturated heterocycles. The maximum absolute atomic E-state index is 12.4. The van der Waals surface area contributed by atoms with E-state index < -0.39 is 5.60 Å². The van der Waals surface area contributed by atoms with Gasteiger partial charge >= 0.3 is 6.09 Å². The van der Waals surface area contributed by atoms with Crippen LogP contribution in [0.1, 0.15) is 40.2 Å². The lowest BCUT2D eigenvalue weighted by atomic mass is 9.85. The lowest BCUT2D eigenvalue weighted by molar-refractivity contribution is 0.0568. The number of anilines is 1. The van der Waals surface area contributed by atoms with Crippen LogP contribution >= 0.6 is 0 Å². The number of hydrogen-bond acceptors (Lipinski definition) is 2. The molecule has 0 saturated carbocycles. The second-order valence-corrected chi connectivity index (χ2v) is 6.93. The molecule has 2 rings (SSSR count). The fraction of sp³-hybridized carbons (Fsp3) is 0.588. The van der Waals surface area contributed by atoms with Crippen LogP contribution in [0.3, 0.4) is 0 Å². The minimum Gasteiger partial charge on any atom is -0.443 e. The number of benzene rings is 1. The summed E-state index contributed by atoms with van der Waals surface area (Å²) in [7, 11) is 0.